The van der Waals surface area contributed by atoms with Crippen LogP contribution >= 0.6 is 12.4 Å². The molecule has 1 amide bonds. The molecule has 21 heavy (non-hydrogen) atoms. The SMILES string of the molecule is Cl.O=C(NCc1cccc(-n2cncn2)c1)C1CCCN1. The van der Waals surface area contributed by atoms with Crippen LogP contribution in [0, 0.1) is 0 Å². The number of rotatable bonds is 4. The minimum absolute atomic E-state index is 0. The van der Waals surface area contributed by atoms with E-state index in [1.807, 2.05) is 24.3 Å². The third-order valence-electron chi connectivity index (χ3n) is 3.44. The van der Waals surface area contributed by atoms with Crippen molar-refractivity contribution in [2.45, 2.75) is 25.4 Å². The lowest BCUT2D eigenvalue weighted by atomic mass is 10.2. The van der Waals surface area contributed by atoms with E-state index in [1.54, 1.807) is 11.0 Å². The molecule has 3 rings (SSSR count). The van der Waals surface area contributed by atoms with Crippen LogP contribution in [-0.2, 0) is 11.3 Å². The molecule has 0 aliphatic carbocycles. The molecule has 1 unspecified atom stereocenters. The third-order valence-corrected chi connectivity index (χ3v) is 3.44. The van der Waals surface area contributed by atoms with Gasteiger partial charge >= 0.3 is 0 Å². The second kappa shape index (κ2) is 7.19. The summed E-state index contributed by atoms with van der Waals surface area (Å²) in [6.07, 6.45) is 5.14. The summed E-state index contributed by atoms with van der Waals surface area (Å²) in [6.45, 7) is 1.46. The van der Waals surface area contributed by atoms with Gasteiger partial charge in [0.05, 0.1) is 11.7 Å². The zero-order valence-electron chi connectivity index (χ0n) is 11.5. The topological polar surface area (TPSA) is 71.8 Å². The second-order valence-electron chi connectivity index (χ2n) is 4.88. The van der Waals surface area contributed by atoms with Crippen LogP contribution in [0.4, 0.5) is 0 Å². The van der Waals surface area contributed by atoms with Crippen LogP contribution in [-0.4, -0.2) is 33.3 Å². The first kappa shape index (κ1) is 15.5. The Balaban J connectivity index is 0.00000161. The summed E-state index contributed by atoms with van der Waals surface area (Å²) in [5.41, 5.74) is 1.98. The maximum atomic E-state index is 11.9. The van der Waals surface area contributed by atoms with Crippen molar-refractivity contribution < 1.29 is 4.79 Å². The standard InChI is InChI=1S/C14H17N5O.ClH/c20-14(13-5-2-6-16-13)17-8-11-3-1-4-12(7-11)19-10-15-9-18-19;/h1,3-4,7,9-10,13,16H,2,5-6,8H2,(H,17,20);1H. The Morgan fingerprint density at radius 1 is 1.48 bits per heavy atom. The fourth-order valence-electron chi connectivity index (χ4n) is 2.37. The fourth-order valence-corrected chi connectivity index (χ4v) is 2.37. The number of aromatic nitrogens is 3. The van der Waals surface area contributed by atoms with E-state index in [0.29, 0.717) is 6.54 Å². The Bertz CT molecular complexity index is 581. The maximum absolute atomic E-state index is 11.9. The molecule has 1 fully saturated rings. The van der Waals surface area contributed by atoms with E-state index in [2.05, 4.69) is 20.7 Å². The number of carbonyl (C=O) groups excluding carboxylic acids is 1. The summed E-state index contributed by atoms with van der Waals surface area (Å²) in [4.78, 5) is 15.9. The van der Waals surface area contributed by atoms with Crippen LogP contribution < -0.4 is 10.6 Å². The van der Waals surface area contributed by atoms with Crippen LogP contribution in [0.5, 0.6) is 0 Å². The zero-order chi connectivity index (χ0) is 13.8. The predicted octanol–water partition coefficient (Wildman–Crippen LogP) is 1.06. The highest BCUT2D eigenvalue weighted by molar-refractivity contribution is 5.85. The van der Waals surface area contributed by atoms with Crippen molar-refractivity contribution in [1.29, 1.82) is 0 Å². The molecule has 1 aliphatic rings. The Morgan fingerprint density at radius 2 is 2.38 bits per heavy atom. The molecule has 1 atom stereocenters. The molecule has 6 nitrogen and oxygen atoms in total. The lowest BCUT2D eigenvalue weighted by Gasteiger charge is -2.11. The number of carbonyl (C=O) groups is 1. The summed E-state index contributed by atoms with van der Waals surface area (Å²) in [5, 5.41) is 10.3. The molecule has 0 radical (unpaired) electrons. The van der Waals surface area contributed by atoms with Crippen molar-refractivity contribution in [3.05, 3.63) is 42.5 Å². The molecule has 2 aromatic rings. The summed E-state index contributed by atoms with van der Waals surface area (Å²) >= 11 is 0. The van der Waals surface area contributed by atoms with Gasteiger partial charge in [-0.25, -0.2) is 9.67 Å². The average molecular weight is 308 g/mol. The first-order valence-electron chi connectivity index (χ1n) is 6.78. The van der Waals surface area contributed by atoms with E-state index >= 15 is 0 Å². The predicted molar refractivity (Wildman–Crippen MR) is 81.5 cm³/mol. The number of nitrogens with zero attached hydrogens (tertiary/aromatic N) is 3. The smallest absolute Gasteiger partial charge is 0.237 e. The van der Waals surface area contributed by atoms with Crippen molar-refractivity contribution in [3.63, 3.8) is 0 Å². The van der Waals surface area contributed by atoms with Crippen molar-refractivity contribution in [1.82, 2.24) is 25.4 Å². The van der Waals surface area contributed by atoms with Crippen LogP contribution in [0.2, 0.25) is 0 Å². The summed E-state index contributed by atoms with van der Waals surface area (Å²) in [7, 11) is 0. The molecule has 0 saturated carbocycles. The monoisotopic (exact) mass is 307 g/mol. The molecule has 0 bridgehead atoms. The minimum atomic E-state index is -0.0338. The summed E-state index contributed by atoms with van der Waals surface area (Å²) in [5.74, 6) is 0.0775. The van der Waals surface area contributed by atoms with Crippen LogP contribution in [0.15, 0.2) is 36.9 Å². The van der Waals surface area contributed by atoms with Gasteiger partial charge in [0.2, 0.25) is 5.91 Å². The molecule has 0 spiro atoms. The molecule has 1 saturated heterocycles. The van der Waals surface area contributed by atoms with Gasteiger partial charge in [-0.05, 0) is 37.1 Å². The number of nitrogens with one attached hydrogen (secondary N) is 2. The first-order valence-corrected chi connectivity index (χ1v) is 6.78. The van der Waals surface area contributed by atoms with Crippen molar-refractivity contribution in [3.8, 4) is 5.69 Å². The molecule has 1 aromatic carbocycles. The number of hydrogen-bond acceptors (Lipinski definition) is 4. The van der Waals surface area contributed by atoms with E-state index in [4.69, 9.17) is 0 Å². The van der Waals surface area contributed by atoms with Crippen LogP contribution in [0.1, 0.15) is 18.4 Å². The van der Waals surface area contributed by atoms with Crippen LogP contribution in [0.25, 0.3) is 5.69 Å². The molecule has 7 heteroatoms. The minimum Gasteiger partial charge on any atom is -0.351 e. The first-order chi connectivity index (χ1) is 9.83. The highest BCUT2D eigenvalue weighted by atomic mass is 35.5. The normalized spacial score (nSPS) is 17.2. The largest absolute Gasteiger partial charge is 0.351 e. The lowest BCUT2D eigenvalue weighted by molar-refractivity contribution is -0.122. The Hall–Kier alpha value is -1.92. The highest BCUT2D eigenvalue weighted by Gasteiger charge is 2.21. The van der Waals surface area contributed by atoms with Gasteiger partial charge in [-0.1, -0.05) is 12.1 Å². The van der Waals surface area contributed by atoms with Gasteiger partial charge in [-0.2, -0.15) is 5.10 Å². The van der Waals surface area contributed by atoms with E-state index in [1.165, 1.54) is 6.33 Å². The zero-order valence-corrected chi connectivity index (χ0v) is 12.3. The second-order valence-corrected chi connectivity index (χ2v) is 4.88. The van der Waals surface area contributed by atoms with Crippen molar-refractivity contribution in [2.24, 2.45) is 0 Å². The lowest BCUT2D eigenvalue weighted by Crippen LogP contribution is -2.40. The van der Waals surface area contributed by atoms with Gasteiger partial charge in [0.1, 0.15) is 12.7 Å². The Morgan fingerprint density at radius 3 is 3.10 bits per heavy atom. The average Bonchev–Trinajstić information content (AvgIpc) is 3.17. The van der Waals surface area contributed by atoms with Crippen molar-refractivity contribution >= 4 is 18.3 Å². The fraction of sp³-hybridized carbons (Fsp3) is 0.357. The molecular weight excluding hydrogens is 290 g/mol. The molecular formula is C14H18ClN5O. The Kier molecular flexibility index (Phi) is 5.30. The van der Waals surface area contributed by atoms with Gasteiger partial charge in [-0.3, -0.25) is 4.79 Å². The van der Waals surface area contributed by atoms with E-state index in [0.717, 1.165) is 30.6 Å². The highest BCUT2D eigenvalue weighted by Crippen LogP contribution is 2.09. The maximum Gasteiger partial charge on any atom is 0.237 e. The number of amides is 1. The molecule has 2 N–H and O–H groups in total. The molecule has 1 aromatic heterocycles. The summed E-state index contributed by atoms with van der Waals surface area (Å²) in [6, 6.07) is 7.86. The molecule has 2 heterocycles. The van der Waals surface area contributed by atoms with Crippen LogP contribution in [0.3, 0.4) is 0 Å². The van der Waals surface area contributed by atoms with E-state index in [-0.39, 0.29) is 24.4 Å². The number of hydrogen-bond donors (Lipinski definition) is 2. The Labute approximate surface area is 129 Å². The van der Waals surface area contributed by atoms with Gasteiger partial charge < -0.3 is 10.6 Å². The molecule has 1 aliphatic heterocycles. The number of benzene rings is 1. The van der Waals surface area contributed by atoms with Gasteiger partial charge in [0, 0.05) is 6.54 Å². The van der Waals surface area contributed by atoms with Gasteiger partial charge in [0.15, 0.2) is 0 Å². The van der Waals surface area contributed by atoms with E-state index in [9.17, 15) is 4.79 Å². The molecule has 112 valence electrons. The van der Waals surface area contributed by atoms with Gasteiger partial charge in [-0.15, -0.1) is 12.4 Å². The van der Waals surface area contributed by atoms with Gasteiger partial charge in [0.25, 0.3) is 0 Å². The van der Waals surface area contributed by atoms with Crippen molar-refractivity contribution in [2.75, 3.05) is 6.54 Å². The third kappa shape index (κ3) is 3.80. The number of halogens is 1. The van der Waals surface area contributed by atoms with E-state index < -0.39 is 0 Å². The quantitative estimate of drug-likeness (QED) is 0.886. The summed E-state index contributed by atoms with van der Waals surface area (Å²) < 4.78 is 1.70.